The molecule has 0 bridgehead atoms. The topological polar surface area (TPSA) is 9.23 Å². The van der Waals surface area contributed by atoms with Crippen LogP contribution < -0.4 is 4.74 Å². The quantitative estimate of drug-likeness (QED) is 0.614. The molecule has 1 aromatic carbocycles. The zero-order valence-corrected chi connectivity index (χ0v) is 12.4. The van der Waals surface area contributed by atoms with Crippen molar-refractivity contribution in [2.24, 2.45) is 0 Å². The van der Waals surface area contributed by atoms with E-state index in [9.17, 15) is 13.2 Å². The van der Waals surface area contributed by atoms with Crippen molar-refractivity contribution in [3.05, 3.63) is 59.7 Å². The lowest BCUT2D eigenvalue weighted by Crippen LogP contribution is -2.17. The van der Waals surface area contributed by atoms with Gasteiger partial charge in [-0.05, 0) is 43.5 Å². The Bertz CT molecular complexity index is 551. The second-order valence-corrected chi connectivity index (χ2v) is 4.65. The van der Waals surface area contributed by atoms with Gasteiger partial charge in [0.25, 0.3) is 0 Å². The van der Waals surface area contributed by atoms with Crippen LogP contribution in [0.5, 0.6) is 5.75 Å². The Kier molecular flexibility index (Phi) is 6.28. The normalized spacial score (nSPS) is 13.8. The van der Waals surface area contributed by atoms with E-state index in [2.05, 4.69) is 4.74 Å². The predicted octanol–water partition coefficient (Wildman–Crippen LogP) is 5.90. The van der Waals surface area contributed by atoms with E-state index in [0.717, 1.165) is 17.6 Å². The molecule has 0 unspecified atom stereocenters. The van der Waals surface area contributed by atoms with Crippen LogP contribution >= 0.6 is 0 Å². The largest absolute Gasteiger partial charge is 0.573 e. The minimum absolute atomic E-state index is 0.208. The average Bonchev–Trinajstić information content (AvgIpc) is 2.37. The fraction of sp³-hybridized carbons (Fsp3) is 0.294. The fourth-order valence-corrected chi connectivity index (χ4v) is 1.77. The van der Waals surface area contributed by atoms with Crippen molar-refractivity contribution in [1.82, 2.24) is 0 Å². The first-order valence-electron chi connectivity index (χ1n) is 6.69. The maximum atomic E-state index is 12.2. The van der Waals surface area contributed by atoms with Crippen molar-refractivity contribution in [2.45, 2.75) is 33.6 Å². The summed E-state index contributed by atoms with van der Waals surface area (Å²) in [7, 11) is 0. The molecule has 0 saturated carbocycles. The molecule has 0 aromatic heterocycles. The van der Waals surface area contributed by atoms with Crippen LogP contribution in [0.1, 0.15) is 32.8 Å². The highest BCUT2D eigenvalue weighted by molar-refractivity contribution is 5.67. The van der Waals surface area contributed by atoms with E-state index in [1.165, 1.54) is 12.1 Å². The van der Waals surface area contributed by atoms with Gasteiger partial charge in [-0.25, -0.2) is 0 Å². The zero-order valence-electron chi connectivity index (χ0n) is 12.4. The SMILES string of the molecule is CCC=CC=C(C)C=C(C)c1cccc(OC(F)(F)F)c1. The number of alkyl halides is 3. The van der Waals surface area contributed by atoms with Gasteiger partial charge in [0.05, 0.1) is 0 Å². The highest BCUT2D eigenvalue weighted by atomic mass is 19.4. The summed E-state index contributed by atoms with van der Waals surface area (Å²) in [6.45, 7) is 5.85. The van der Waals surface area contributed by atoms with E-state index in [1.807, 2.05) is 45.1 Å². The summed E-state index contributed by atoms with van der Waals surface area (Å²) >= 11 is 0. The number of ether oxygens (including phenoxy) is 1. The van der Waals surface area contributed by atoms with Crippen LogP contribution in [0.3, 0.4) is 0 Å². The molecule has 1 aromatic rings. The molecule has 0 aliphatic heterocycles. The number of hydrogen-bond donors (Lipinski definition) is 0. The number of hydrogen-bond acceptors (Lipinski definition) is 1. The highest BCUT2D eigenvalue weighted by Gasteiger charge is 2.31. The zero-order chi connectivity index (χ0) is 15.9. The van der Waals surface area contributed by atoms with Crippen LogP contribution in [0.2, 0.25) is 0 Å². The summed E-state index contributed by atoms with van der Waals surface area (Å²) in [5.41, 5.74) is 2.60. The monoisotopic (exact) mass is 296 g/mol. The molecule has 1 rings (SSSR count). The van der Waals surface area contributed by atoms with Gasteiger partial charge < -0.3 is 4.74 Å². The fourth-order valence-electron chi connectivity index (χ4n) is 1.77. The molecule has 0 heterocycles. The Hall–Kier alpha value is -1.97. The lowest BCUT2D eigenvalue weighted by atomic mass is 10.0. The summed E-state index contributed by atoms with van der Waals surface area (Å²) < 4.78 is 40.5. The van der Waals surface area contributed by atoms with Crippen LogP contribution in [0.15, 0.2) is 54.1 Å². The third kappa shape index (κ3) is 6.84. The molecule has 0 aliphatic carbocycles. The van der Waals surface area contributed by atoms with Crippen molar-refractivity contribution in [2.75, 3.05) is 0 Å². The first-order valence-corrected chi connectivity index (χ1v) is 6.69. The summed E-state index contributed by atoms with van der Waals surface area (Å²) in [5.74, 6) is -0.208. The molecule has 4 heteroatoms. The van der Waals surface area contributed by atoms with Gasteiger partial charge in [0, 0.05) is 0 Å². The Morgan fingerprint density at radius 1 is 1.24 bits per heavy atom. The van der Waals surface area contributed by atoms with Gasteiger partial charge in [-0.15, -0.1) is 13.2 Å². The third-order valence-corrected chi connectivity index (χ3v) is 2.70. The molecule has 0 saturated heterocycles. The third-order valence-electron chi connectivity index (χ3n) is 2.70. The summed E-state index contributed by atoms with van der Waals surface area (Å²) in [4.78, 5) is 0. The maximum absolute atomic E-state index is 12.2. The number of benzene rings is 1. The lowest BCUT2D eigenvalue weighted by Gasteiger charge is -2.10. The minimum Gasteiger partial charge on any atom is -0.406 e. The Balaban J connectivity index is 2.92. The molecule has 0 fully saturated rings. The maximum Gasteiger partial charge on any atom is 0.573 e. The number of halogens is 3. The number of allylic oxidation sites excluding steroid dienone is 6. The van der Waals surface area contributed by atoms with E-state index in [4.69, 9.17) is 0 Å². The first-order chi connectivity index (χ1) is 9.81. The second-order valence-electron chi connectivity index (χ2n) is 4.65. The smallest absolute Gasteiger partial charge is 0.406 e. The van der Waals surface area contributed by atoms with Crippen LogP contribution in [-0.4, -0.2) is 6.36 Å². The van der Waals surface area contributed by atoms with Gasteiger partial charge in [-0.1, -0.05) is 48.9 Å². The molecule has 0 radical (unpaired) electrons. The van der Waals surface area contributed by atoms with E-state index >= 15 is 0 Å². The van der Waals surface area contributed by atoms with E-state index in [0.29, 0.717) is 5.56 Å². The van der Waals surface area contributed by atoms with E-state index < -0.39 is 6.36 Å². The van der Waals surface area contributed by atoms with Gasteiger partial charge in [0.1, 0.15) is 5.75 Å². The summed E-state index contributed by atoms with van der Waals surface area (Å²) in [5, 5.41) is 0. The van der Waals surface area contributed by atoms with Crippen molar-refractivity contribution in [1.29, 1.82) is 0 Å². The van der Waals surface area contributed by atoms with E-state index in [1.54, 1.807) is 12.1 Å². The van der Waals surface area contributed by atoms with Crippen LogP contribution in [0, 0.1) is 0 Å². The first kappa shape index (κ1) is 17.1. The van der Waals surface area contributed by atoms with Crippen LogP contribution in [0.25, 0.3) is 5.57 Å². The Morgan fingerprint density at radius 2 is 1.95 bits per heavy atom. The minimum atomic E-state index is -4.67. The molecule has 1 nitrogen and oxygen atoms in total. The van der Waals surface area contributed by atoms with Crippen LogP contribution in [0.4, 0.5) is 13.2 Å². The Morgan fingerprint density at radius 3 is 2.57 bits per heavy atom. The van der Waals surface area contributed by atoms with Crippen molar-refractivity contribution in [3.63, 3.8) is 0 Å². The molecule has 0 amide bonds. The molecule has 0 N–H and O–H groups in total. The van der Waals surface area contributed by atoms with Gasteiger partial charge in [-0.3, -0.25) is 0 Å². The van der Waals surface area contributed by atoms with Crippen molar-refractivity contribution < 1.29 is 17.9 Å². The van der Waals surface area contributed by atoms with Gasteiger partial charge in [-0.2, -0.15) is 0 Å². The van der Waals surface area contributed by atoms with Crippen LogP contribution in [-0.2, 0) is 0 Å². The molecule has 114 valence electrons. The highest BCUT2D eigenvalue weighted by Crippen LogP contribution is 2.26. The summed E-state index contributed by atoms with van der Waals surface area (Å²) in [6.07, 6.45) is 4.17. The van der Waals surface area contributed by atoms with Gasteiger partial charge in [0.2, 0.25) is 0 Å². The molecule has 21 heavy (non-hydrogen) atoms. The average molecular weight is 296 g/mol. The van der Waals surface area contributed by atoms with Crippen molar-refractivity contribution >= 4 is 5.57 Å². The molecular weight excluding hydrogens is 277 g/mol. The van der Waals surface area contributed by atoms with E-state index in [-0.39, 0.29) is 5.75 Å². The second kappa shape index (κ2) is 7.72. The molecule has 0 aliphatic rings. The molecule has 0 atom stereocenters. The summed E-state index contributed by atoms with van der Waals surface area (Å²) in [6, 6.07) is 5.97. The van der Waals surface area contributed by atoms with Gasteiger partial charge in [0.15, 0.2) is 0 Å². The molecule has 0 spiro atoms. The lowest BCUT2D eigenvalue weighted by molar-refractivity contribution is -0.274. The Labute approximate surface area is 123 Å². The standard InChI is InChI=1S/C17H19F3O/c1-4-5-6-8-13(2)11-14(3)15-9-7-10-16(12-15)21-17(18,19)20/h5-12H,4H2,1-3H3. The van der Waals surface area contributed by atoms with Crippen molar-refractivity contribution in [3.8, 4) is 5.75 Å². The number of rotatable bonds is 5. The predicted molar refractivity (Wildman–Crippen MR) is 80.0 cm³/mol. The molecular formula is C17H19F3O. The van der Waals surface area contributed by atoms with Gasteiger partial charge >= 0.3 is 6.36 Å².